The first-order chi connectivity index (χ1) is 19.1. The smallest absolute Gasteiger partial charge is 0.325 e. The second kappa shape index (κ2) is 12.2. The van der Waals surface area contributed by atoms with Crippen LogP contribution in [0.15, 0.2) is 77.7 Å². The van der Waals surface area contributed by atoms with Crippen molar-refractivity contribution in [1.82, 2.24) is 9.62 Å². The zero-order valence-electron chi connectivity index (χ0n) is 21.5. The standard InChI is InChI=1S/C29H29ClN2O7S.CH4/c30-22-8-4-19(5-9-22)20-6-10-25(11-7-20)40(37,38)32(18-27(33)34)29(28(35)36)17-26(29)21-2-1-3-24(16-21)39-23-12-14-31-15-13-23;/h1-11,16,23,26,31H,12-15,17-18H2,(H,33,34)(H,35,36);1H4. The van der Waals surface area contributed by atoms with E-state index in [0.717, 1.165) is 37.1 Å². The number of piperidine rings is 1. The molecule has 1 heterocycles. The van der Waals surface area contributed by atoms with Gasteiger partial charge in [-0.1, -0.05) is 55.4 Å². The number of ether oxygens (including phenoxy) is 1. The van der Waals surface area contributed by atoms with Crippen molar-refractivity contribution < 1.29 is 33.0 Å². The van der Waals surface area contributed by atoms with Gasteiger partial charge in [-0.25, -0.2) is 8.42 Å². The highest BCUT2D eigenvalue weighted by Crippen LogP contribution is 2.57. The molecule has 218 valence electrons. The maximum absolute atomic E-state index is 13.8. The molecule has 2 aliphatic rings. The van der Waals surface area contributed by atoms with Crippen LogP contribution in [0.4, 0.5) is 0 Å². The Morgan fingerprint density at radius 2 is 1.59 bits per heavy atom. The summed E-state index contributed by atoms with van der Waals surface area (Å²) in [5, 5.41) is 23.8. The predicted molar refractivity (Wildman–Crippen MR) is 156 cm³/mol. The van der Waals surface area contributed by atoms with Crippen molar-refractivity contribution in [3.8, 4) is 16.9 Å². The van der Waals surface area contributed by atoms with Crippen LogP contribution in [0.5, 0.6) is 5.75 Å². The van der Waals surface area contributed by atoms with Crippen LogP contribution in [0.2, 0.25) is 5.02 Å². The summed E-state index contributed by atoms with van der Waals surface area (Å²) in [5.41, 5.74) is 0.173. The molecule has 2 fully saturated rings. The average molecular weight is 601 g/mol. The molecular formula is C30H33ClN2O7S. The third-order valence-electron chi connectivity index (χ3n) is 7.50. The molecule has 11 heteroatoms. The SMILES string of the molecule is C.O=C(O)CN(C1(C(=O)O)CC1c1cccc(OC2CCNCC2)c1)S(=O)(=O)c1ccc(-c2ccc(Cl)cc2)cc1. The number of hydrogen-bond donors (Lipinski definition) is 3. The lowest BCUT2D eigenvalue weighted by molar-refractivity contribution is -0.145. The Labute approximate surface area is 244 Å². The normalized spacial score (nSPS) is 20.7. The Morgan fingerprint density at radius 1 is 0.976 bits per heavy atom. The number of hydrogen-bond acceptors (Lipinski definition) is 6. The fraction of sp³-hybridized carbons (Fsp3) is 0.333. The highest BCUT2D eigenvalue weighted by molar-refractivity contribution is 7.89. The fourth-order valence-electron chi connectivity index (χ4n) is 5.33. The van der Waals surface area contributed by atoms with Crippen LogP contribution in [0, 0.1) is 0 Å². The number of carbonyl (C=O) groups is 2. The van der Waals surface area contributed by atoms with E-state index >= 15 is 0 Å². The summed E-state index contributed by atoms with van der Waals surface area (Å²) in [5.74, 6) is -3.02. The van der Waals surface area contributed by atoms with E-state index in [1.807, 2.05) is 0 Å². The molecule has 1 aliphatic carbocycles. The van der Waals surface area contributed by atoms with Crippen molar-refractivity contribution in [2.24, 2.45) is 0 Å². The third kappa shape index (κ3) is 6.25. The van der Waals surface area contributed by atoms with Crippen LogP contribution in [-0.4, -0.2) is 66.2 Å². The zero-order chi connectivity index (χ0) is 28.5. The van der Waals surface area contributed by atoms with Gasteiger partial charge in [-0.15, -0.1) is 0 Å². The summed E-state index contributed by atoms with van der Waals surface area (Å²) in [6.07, 6.45) is 1.65. The van der Waals surface area contributed by atoms with Crippen molar-refractivity contribution in [3.63, 3.8) is 0 Å². The van der Waals surface area contributed by atoms with Crippen LogP contribution < -0.4 is 10.1 Å². The van der Waals surface area contributed by atoms with Gasteiger partial charge < -0.3 is 20.3 Å². The van der Waals surface area contributed by atoms with E-state index in [0.29, 0.717) is 20.6 Å². The van der Waals surface area contributed by atoms with E-state index in [9.17, 15) is 28.2 Å². The summed E-state index contributed by atoms with van der Waals surface area (Å²) in [7, 11) is -4.50. The monoisotopic (exact) mass is 600 g/mol. The number of carboxylic acids is 2. The minimum absolute atomic E-state index is 0. The number of aliphatic carboxylic acids is 2. The first-order valence-corrected chi connectivity index (χ1v) is 14.7. The third-order valence-corrected chi connectivity index (χ3v) is 9.65. The predicted octanol–water partition coefficient (Wildman–Crippen LogP) is 4.86. The van der Waals surface area contributed by atoms with Gasteiger partial charge in [-0.05, 0) is 85.4 Å². The molecule has 3 N–H and O–H groups in total. The molecule has 1 saturated carbocycles. The van der Waals surface area contributed by atoms with Crippen molar-refractivity contribution in [2.45, 2.75) is 49.1 Å². The molecule has 0 bridgehead atoms. The second-order valence-corrected chi connectivity index (χ2v) is 12.4. The van der Waals surface area contributed by atoms with E-state index in [1.54, 1.807) is 60.7 Å². The molecule has 41 heavy (non-hydrogen) atoms. The van der Waals surface area contributed by atoms with Crippen LogP contribution in [0.1, 0.15) is 38.2 Å². The van der Waals surface area contributed by atoms with Crippen molar-refractivity contribution in [3.05, 3.63) is 83.4 Å². The Kier molecular flexibility index (Phi) is 9.08. The van der Waals surface area contributed by atoms with Crippen molar-refractivity contribution in [2.75, 3.05) is 19.6 Å². The lowest BCUT2D eigenvalue weighted by atomic mass is 10.1. The number of carboxylic acid groups (broad SMARTS) is 2. The number of sulfonamides is 1. The maximum atomic E-state index is 13.8. The molecular weight excluding hydrogens is 568 g/mol. The van der Waals surface area contributed by atoms with Gasteiger partial charge in [0.1, 0.15) is 23.9 Å². The van der Waals surface area contributed by atoms with Crippen LogP contribution in [0.3, 0.4) is 0 Å². The van der Waals surface area contributed by atoms with Gasteiger partial charge in [-0.2, -0.15) is 4.31 Å². The molecule has 2 atom stereocenters. The molecule has 5 rings (SSSR count). The number of rotatable bonds is 10. The van der Waals surface area contributed by atoms with E-state index in [2.05, 4.69) is 5.32 Å². The molecule has 0 amide bonds. The van der Waals surface area contributed by atoms with Gasteiger partial charge in [0, 0.05) is 10.9 Å². The van der Waals surface area contributed by atoms with E-state index in [4.69, 9.17) is 16.3 Å². The highest BCUT2D eigenvalue weighted by Gasteiger charge is 2.68. The molecule has 3 aromatic rings. The highest BCUT2D eigenvalue weighted by atomic mass is 35.5. The fourth-order valence-corrected chi connectivity index (χ4v) is 7.18. The Bertz CT molecular complexity index is 1510. The lowest BCUT2D eigenvalue weighted by Gasteiger charge is -2.28. The molecule has 3 aromatic carbocycles. The van der Waals surface area contributed by atoms with Gasteiger partial charge in [-0.3, -0.25) is 9.59 Å². The average Bonchev–Trinajstić information content (AvgIpc) is 3.70. The molecule has 0 radical (unpaired) electrons. The quantitative estimate of drug-likeness (QED) is 0.300. The van der Waals surface area contributed by atoms with Crippen LogP contribution in [0.25, 0.3) is 11.1 Å². The molecule has 0 spiro atoms. The Balaban J connectivity index is 0.00000387. The second-order valence-electron chi connectivity index (χ2n) is 10.1. The van der Waals surface area contributed by atoms with Gasteiger partial charge in [0.25, 0.3) is 0 Å². The minimum atomic E-state index is -4.50. The molecule has 9 nitrogen and oxygen atoms in total. The van der Waals surface area contributed by atoms with Crippen LogP contribution >= 0.6 is 11.6 Å². The Morgan fingerprint density at radius 3 is 2.17 bits per heavy atom. The molecule has 1 aliphatic heterocycles. The minimum Gasteiger partial charge on any atom is -0.490 e. The van der Waals surface area contributed by atoms with Gasteiger partial charge in [0.15, 0.2) is 0 Å². The van der Waals surface area contributed by atoms with E-state index in [1.165, 1.54) is 12.1 Å². The summed E-state index contributed by atoms with van der Waals surface area (Å²) in [4.78, 5) is 24.3. The van der Waals surface area contributed by atoms with Gasteiger partial charge >= 0.3 is 11.9 Å². The maximum Gasteiger partial charge on any atom is 0.325 e. The summed E-state index contributed by atoms with van der Waals surface area (Å²) >= 11 is 5.95. The summed E-state index contributed by atoms with van der Waals surface area (Å²) in [6.45, 7) is 0.699. The molecule has 0 aromatic heterocycles. The summed E-state index contributed by atoms with van der Waals surface area (Å²) in [6, 6.07) is 19.9. The topological polar surface area (TPSA) is 133 Å². The molecule has 1 saturated heterocycles. The molecule has 2 unspecified atom stereocenters. The number of benzene rings is 3. The Hall–Kier alpha value is -3.44. The first-order valence-electron chi connectivity index (χ1n) is 12.9. The van der Waals surface area contributed by atoms with Gasteiger partial charge in [0.2, 0.25) is 10.0 Å². The van der Waals surface area contributed by atoms with E-state index < -0.39 is 40.0 Å². The van der Waals surface area contributed by atoms with Crippen molar-refractivity contribution in [1.29, 1.82) is 0 Å². The number of halogens is 1. The first kappa shape index (κ1) is 30.5. The largest absolute Gasteiger partial charge is 0.490 e. The zero-order valence-corrected chi connectivity index (χ0v) is 23.1. The van der Waals surface area contributed by atoms with E-state index in [-0.39, 0.29) is 24.8 Å². The lowest BCUT2D eigenvalue weighted by Crippen LogP contribution is -2.50. The number of nitrogens with zero attached hydrogens (tertiary/aromatic N) is 1. The number of nitrogens with one attached hydrogen (secondary N) is 1. The summed E-state index contributed by atoms with van der Waals surface area (Å²) < 4.78 is 34.3. The van der Waals surface area contributed by atoms with Crippen molar-refractivity contribution >= 4 is 33.6 Å². The van der Waals surface area contributed by atoms with Crippen LogP contribution in [-0.2, 0) is 19.6 Å². The van der Waals surface area contributed by atoms with Gasteiger partial charge in [0.05, 0.1) is 4.90 Å².